The van der Waals surface area contributed by atoms with Crippen molar-refractivity contribution < 1.29 is 18.0 Å². The Labute approximate surface area is 199 Å². The molecule has 0 saturated carbocycles. The molecule has 0 aliphatic rings. The molecule has 6 nitrogen and oxygen atoms in total. The second-order valence-electron chi connectivity index (χ2n) is 6.74. The van der Waals surface area contributed by atoms with Gasteiger partial charge in [-0.05, 0) is 48.5 Å². The Balaban J connectivity index is 1.58. The molecule has 1 N–H and O–H groups in total. The lowest BCUT2D eigenvalue weighted by atomic mass is 10.1. The van der Waals surface area contributed by atoms with Crippen molar-refractivity contribution in [3.63, 3.8) is 0 Å². The van der Waals surface area contributed by atoms with E-state index in [1.807, 2.05) is 30.3 Å². The largest absolute Gasteiger partial charge is 0.418 e. The molecule has 4 aromatic rings. The Bertz CT molecular complexity index is 1260. The van der Waals surface area contributed by atoms with Gasteiger partial charge < -0.3 is 5.32 Å². The van der Waals surface area contributed by atoms with Crippen LogP contribution in [-0.2, 0) is 11.0 Å². The van der Waals surface area contributed by atoms with E-state index in [9.17, 15) is 18.0 Å². The van der Waals surface area contributed by atoms with E-state index in [0.717, 1.165) is 33.6 Å². The maximum absolute atomic E-state index is 13.2. The van der Waals surface area contributed by atoms with Gasteiger partial charge in [-0.1, -0.05) is 39.8 Å². The van der Waals surface area contributed by atoms with Crippen molar-refractivity contribution in [2.75, 3.05) is 11.1 Å². The van der Waals surface area contributed by atoms with Gasteiger partial charge in [0.05, 0.1) is 17.0 Å². The van der Waals surface area contributed by atoms with Crippen LogP contribution in [0.15, 0.2) is 82.7 Å². The maximum Gasteiger partial charge on any atom is 0.418 e. The summed E-state index contributed by atoms with van der Waals surface area (Å²) in [6.45, 7) is 0. The molecule has 0 saturated heterocycles. The third-order valence-corrected chi connectivity index (χ3v) is 5.93. The monoisotopic (exact) mass is 533 g/mol. The molecule has 1 amide bonds. The van der Waals surface area contributed by atoms with Gasteiger partial charge in [0, 0.05) is 28.1 Å². The molecule has 2 aromatic carbocycles. The zero-order valence-electron chi connectivity index (χ0n) is 16.8. The van der Waals surface area contributed by atoms with Crippen LogP contribution in [-0.4, -0.2) is 31.4 Å². The zero-order valence-corrected chi connectivity index (χ0v) is 19.2. The summed E-state index contributed by atoms with van der Waals surface area (Å²) >= 11 is 4.47. The van der Waals surface area contributed by atoms with E-state index < -0.39 is 17.6 Å². The van der Waals surface area contributed by atoms with Crippen LogP contribution in [0.1, 0.15) is 5.56 Å². The van der Waals surface area contributed by atoms with E-state index in [-0.39, 0.29) is 11.4 Å². The Morgan fingerprint density at radius 3 is 2.48 bits per heavy atom. The van der Waals surface area contributed by atoms with Gasteiger partial charge in [-0.2, -0.15) is 13.2 Å². The molecule has 0 unspecified atom stereocenters. The minimum Gasteiger partial charge on any atom is -0.325 e. The van der Waals surface area contributed by atoms with Gasteiger partial charge in [0.2, 0.25) is 5.91 Å². The molecule has 4 rings (SSSR count). The van der Waals surface area contributed by atoms with Crippen LogP contribution >= 0.6 is 27.7 Å². The number of benzene rings is 2. The normalized spacial score (nSPS) is 11.4. The van der Waals surface area contributed by atoms with Gasteiger partial charge in [0.1, 0.15) is 0 Å². The first-order valence-corrected chi connectivity index (χ1v) is 11.3. The van der Waals surface area contributed by atoms with Crippen LogP contribution in [0, 0.1) is 0 Å². The van der Waals surface area contributed by atoms with E-state index in [4.69, 9.17) is 0 Å². The fourth-order valence-corrected chi connectivity index (χ4v) is 4.04. The van der Waals surface area contributed by atoms with Gasteiger partial charge in [0.15, 0.2) is 11.0 Å². The van der Waals surface area contributed by atoms with Gasteiger partial charge in [-0.25, -0.2) is 0 Å². The number of amides is 1. The van der Waals surface area contributed by atoms with E-state index in [2.05, 4.69) is 36.4 Å². The number of nitrogens with one attached hydrogen (secondary N) is 1. The number of thioether (sulfide) groups is 1. The summed E-state index contributed by atoms with van der Waals surface area (Å²) in [7, 11) is 0. The number of anilines is 1. The number of carbonyl (C=O) groups excluding carboxylic acids is 1. The molecular weight excluding hydrogens is 519 g/mol. The number of hydrogen-bond acceptors (Lipinski definition) is 5. The summed E-state index contributed by atoms with van der Waals surface area (Å²) in [4.78, 5) is 16.6. The molecule has 0 radical (unpaired) electrons. The average molecular weight is 534 g/mol. The Kier molecular flexibility index (Phi) is 6.80. The molecule has 0 atom stereocenters. The molecule has 0 fully saturated rings. The first-order valence-electron chi connectivity index (χ1n) is 9.53. The van der Waals surface area contributed by atoms with Crippen molar-refractivity contribution in [2.24, 2.45) is 0 Å². The number of aromatic nitrogens is 4. The molecule has 33 heavy (non-hydrogen) atoms. The van der Waals surface area contributed by atoms with Crippen LogP contribution < -0.4 is 5.32 Å². The predicted molar refractivity (Wildman–Crippen MR) is 123 cm³/mol. The molecule has 2 aromatic heterocycles. The molecule has 0 aliphatic heterocycles. The predicted octanol–water partition coefficient (Wildman–Crippen LogP) is 5.84. The molecule has 11 heteroatoms. The number of alkyl halides is 3. The van der Waals surface area contributed by atoms with Crippen LogP contribution in [0.4, 0.5) is 18.9 Å². The highest BCUT2D eigenvalue weighted by Gasteiger charge is 2.33. The quantitative estimate of drug-likeness (QED) is 0.315. The highest BCUT2D eigenvalue weighted by Crippen LogP contribution is 2.35. The minimum atomic E-state index is -4.57. The first-order chi connectivity index (χ1) is 15.8. The van der Waals surface area contributed by atoms with Crippen molar-refractivity contribution in [1.82, 2.24) is 19.7 Å². The van der Waals surface area contributed by atoms with Gasteiger partial charge >= 0.3 is 6.18 Å². The van der Waals surface area contributed by atoms with E-state index in [1.54, 1.807) is 23.0 Å². The lowest BCUT2D eigenvalue weighted by Crippen LogP contribution is -2.18. The number of para-hydroxylation sites is 1. The Morgan fingerprint density at radius 1 is 1.03 bits per heavy atom. The van der Waals surface area contributed by atoms with Gasteiger partial charge in [-0.15, -0.1) is 10.2 Å². The SMILES string of the molecule is O=C(CSc1nnc(-c2cccnc2)n1-c1ccc(Br)cc1)Nc1ccccc1C(F)(F)F. The molecule has 0 aliphatic carbocycles. The summed E-state index contributed by atoms with van der Waals surface area (Å²) in [5.74, 6) is -0.228. The molecular formula is C22H15BrF3N5OS. The third-order valence-electron chi connectivity index (χ3n) is 4.48. The Hall–Kier alpha value is -3.18. The third kappa shape index (κ3) is 5.42. The number of pyridine rings is 1. The lowest BCUT2D eigenvalue weighted by Gasteiger charge is -2.13. The molecule has 0 spiro atoms. The smallest absolute Gasteiger partial charge is 0.325 e. The number of rotatable bonds is 6. The van der Waals surface area contributed by atoms with E-state index in [0.29, 0.717) is 11.0 Å². The second-order valence-corrected chi connectivity index (χ2v) is 8.60. The summed E-state index contributed by atoms with van der Waals surface area (Å²) in [5.41, 5.74) is 0.289. The standard InChI is InChI=1S/C22H15BrF3N5OS/c23-15-7-9-16(10-8-15)31-20(14-4-3-11-27-12-14)29-30-21(31)33-13-19(32)28-18-6-2-1-5-17(18)22(24,25)26/h1-12H,13H2,(H,28,32). The average Bonchev–Trinajstić information content (AvgIpc) is 3.22. The van der Waals surface area contributed by atoms with Gasteiger partial charge in [-0.3, -0.25) is 14.3 Å². The number of nitrogens with zero attached hydrogens (tertiary/aromatic N) is 4. The number of hydrogen-bond donors (Lipinski definition) is 1. The van der Waals surface area contributed by atoms with Gasteiger partial charge in [0.25, 0.3) is 0 Å². The van der Waals surface area contributed by atoms with Crippen molar-refractivity contribution in [1.29, 1.82) is 0 Å². The number of carbonyl (C=O) groups is 1. The van der Waals surface area contributed by atoms with E-state index in [1.165, 1.54) is 18.2 Å². The molecule has 2 heterocycles. The minimum absolute atomic E-state index is 0.159. The van der Waals surface area contributed by atoms with Crippen LogP contribution in [0.25, 0.3) is 17.1 Å². The van der Waals surface area contributed by atoms with E-state index >= 15 is 0 Å². The van der Waals surface area contributed by atoms with Crippen LogP contribution in [0.2, 0.25) is 0 Å². The van der Waals surface area contributed by atoms with Crippen molar-refractivity contribution in [2.45, 2.75) is 11.3 Å². The van der Waals surface area contributed by atoms with Crippen LogP contribution in [0.5, 0.6) is 0 Å². The lowest BCUT2D eigenvalue weighted by molar-refractivity contribution is -0.137. The van der Waals surface area contributed by atoms with Crippen molar-refractivity contribution >= 4 is 39.3 Å². The zero-order chi connectivity index (χ0) is 23.4. The maximum atomic E-state index is 13.2. The summed E-state index contributed by atoms with van der Waals surface area (Å²) in [6.07, 6.45) is -1.28. The second kappa shape index (κ2) is 9.75. The fourth-order valence-electron chi connectivity index (χ4n) is 3.02. The first kappa shape index (κ1) is 23.0. The van der Waals surface area contributed by atoms with Crippen molar-refractivity contribution in [3.8, 4) is 17.1 Å². The number of halogens is 4. The molecule has 168 valence electrons. The van der Waals surface area contributed by atoms with Crippen molar-refractivity contribution in [3.05, 3.63) is 83.1 Å². The fraction of sp³-hybridized carbons (Fsp3) is 0.0909. The Morgan fingerprint density at radius 2 is 1.79 bits per heavy atom. The highest BCUT2D eigenvalue weighted by molar-refractivity contribution is 9.10. The summed E-state index contributed by atoms with van der Waals surface area (Å²) in [6, 6.07) is 15.9. The summed E-state index contributed by atoms with van der Waals surface area (Å²) < 4.78 is 42.2. The molecule has 0 bridgehead atoms. The topological polar surface area (TPSA) is 72.7 Å². The van der Waals surface area contributed by atoms with Crippen LogP contribution in [0.3, 0.4) is 0 Å². The highest BCUT2D eigenvalue weighted by atomic mass is 79.9. The summed E-state index contributed by atoms with van der Waals surface area (Å²) in [5, 5.41) is 11.2.